The predicted octanol–water partition coefficient (Wildman–Crippen LogP) is 3.32. The SMILES string of the molecule is CCCC[C@@H](CC)CNS(=O)(=O)Cc1ccccc1. The molecule has 0 aromatic heterocycles. The molecule has 0 amide bonds. The maximum Gasteiger partial charge on any atom is 0.215 e. The van der Waals surface area contributed by atoms with Gasteiger partial charge in [0.15, 0.2) is 0 Å². The molecule has 0 radical (unpaired) electrons. The Labute approximate surface area is 117 Å². The molecule has 0 saturated heterocycles. The van der Waals surface area contributed by atoms with Gasteiger partial charge in [-0.05, 0) is 17.9 Å². The zero-order chi connectivity index (χ0) is 14.1. The third kappa shape index (κ3) is 6.73. The van der Waals surface area contributed by atoms with Crippen molar-refractivity contribution in [1.29, 1.82) is 0 Å². The van der Waals surface area contributed by atoms with E-state index in [2.05, 4.69) is 18.6 Å². The van der Waals surface area contributed by atoms with E-state index in [1.807, 2.05) is 30.3 Å². The van der Waals surface area contributed by atoms with Crippen LogP contribution in [0, 0.1) is 5.92 Å². The van der Waals surface area contributed by atoms with E-state index in [0.717, 1.165) is 24.8 Å². The van der Waals surface area contributed by atoms with Gasteiger partial charge < -0.3 is 0 Å². The normalized spacial score (nSPS) is 13.4. The van der Waals surface area contributed by atoms with Crippen LogP contribution in [0.3, 0.4) is 0 Å². The molecule has 0 aliphatic rings. The van der Waals surface area contributed by atoms with Gasteiger partial charge in [0.05, 0.1) is 5.75 Å². The van der Waals surface area contributed by atoms with Crippen molar-refractivity contribution in [3.8, 4) is 0 Å². The van der Waals surface area contributed by atoms with Crippen LogP contribution >= 0.6 is 0 Å². The molecule has 0 unspecified atom stereocenters. The zero-order valence-corrected chi connectivity index (χ0v) is 12.7. The van der Waals surface area contributed by atoms with Gasteiger partial charge in [0.25, 0.3) is 0 Å². The molecule has 1 atom stereocenters. The molecule has 1 aromatic rings. The van der Waals surface area contributed by atoms with Gasteiger partial charge in [-0.15, -0.1) is 0 Å². The second-order valence-electron chi connectivity index (χ2n) is 5.01. The minimum atomic E-state index is -3.21. The molecule has 0 fully saturated rings. The molecule has 1 aromatic carbocycles. The number of rotatable bonds is 9. The Kier molecular flexibility index (Phi) is 7.10. The average Bonchev–Trinajstić information content (AvgIpc) is 2.39. The lowest BCUT2D eigenvalue weighted by Crippen LogP contribution is -2.30. The Hall–Kier alpha value is -0.870. The van der Waals surface area contributed by atoms with Gasteiger partial charge in [0.1, 0.15) is 0 Å². The quantitative estimate of drug-likeness (QED) is 0.755. The van der Waals surface area contributed by atoms with Crippen molar-refractivity contribution in [2.45, 2.75) is 45.3 Å². The van der Waals surface area contributed by atoms with Gasteiger partial charge in [0.2, 0.25) is 10.0 Å². The molecule has 1 rings (SSSR count). The molecule has 0 heterocycles. The van der Waals surface area contributed by atoms with E-state index in [1.165, 1.54) is 6.42 Å². The van der Waals surface area contributed by atoms with E-state index in [-0.39, 0.29) is 5.75 Å². The van der Waals surface area contributed by atoms with E-state index in [1.54, 1.807) is 0 Å². The first-order chi connectivity index (χ1) is 9.07. The summed E-state index contributed by atoms with van der Waals surface area (Å²) in [5, 5.41) is 0. The minimum absolute atomic E-state index is 0.0675. The molecule has 0 bridgehead atoms. The van der Waals surface area contributed by atoms with Crippen molar-refractivity contribution >= 4 is 10.0 Å². The first-order valence-corrected chi connectivity index (χ1v) is 8.74. The molecule has 0 aliphatic heterocycles. The molecular formula is C15H25NO2S. The van der Waals surface area contributed by atoms with E-state index < -0.39 is 10.0 Å². The van der Waals surface area contributed by atoms with Crippen molar-refractivity contribution in [3.05, 3.63) is 35.9 Å². The summed E-state index contributed by atoms with van der Waals surface area (Å²) in [5.41, 5.74) is 0.830. The summed E-state index contributed by atoms with van der Waals surface area (Å²) in [5.74, 6) is 0.517. The summed E-state index contributed by atoms with van der Waals surface area (Å²) in [7, 11) is -3.21. The Morgan fingerprint density at radius 2 is 1.84 bits per heavy atom. The van der Waals surface area contributed by atoms with Crippen molar-refractivity contribution in [2.24, 2.45) is 5.92 Å². The molecule has 0 saturated carbocycles. The molecular weight excluding hydrogens is 258 g/mol. The monoisotopic (exact) mass is 283 g/mol. The summed E-state index contributed by atoms with van der Waals surface area (Å²) in [4.78, 5) is 0. The predicted molar refractivity (Wildman–Crippen MR) is 80.4 cm³/mol. The molecule has 108 valence electrons. The van der Waals surface area contributed by atoms with E-state index >= 15 is 0 Å². The summed E-state index contributed by atoms with van der Waals surface area (Å²) >= 11 is 0. The van der Waals surface area contributed by atoms with Crippen molar-refractivity contribution < 1.29 is 8.42 Å². The van der Waals surface area contributed by atoms with E-state index in [0.29, 0.717) is 12.5 Å². The number of hydrogen-bond donors (Lipinski definition) is 1. The van der Waals surface area contributed by atoms with Crippen molar-refractivity contribution in [2.75, 3.05) is 6.54 Å². The van der Waals surface area contributed by atoms with Gasteiger partial charge in [-0.3, -0.25) is 0 Å². The minimum Gasteiger partial charge on any atom is -0.215 e. The third-order valence-electron chi connectivity index (χ3n) is 3.33. The second kappa shape index (κ2) is 8.33. The van der Waals surface area contributed by atoms with Crippen LogP contribution in [0.15, 0.2) is 30.3 Å². The van der Waals surface area contributed by atoms with Crippen LogP contribution in [-0.4, -0.2) is 15.0 Å². The van der Waals surface area contributed by atoms with Crippen molar-refractivity contribution in [1.82, 2.24) is 4.72 Å². The van der Waals surface area contributed by atoms with Gasteiger partial charge in [-0.1, -0.05) is 63.4 Å². The Bertz CT molecular complexity index is 442. The topological polar surface area (TPSA) is 46.2 Å². The number of nitrogens with one attached hydrogen (secondary N) is 1. The third-order valence-corrected chi connectivity index (χ3v) is 4.65. The van der Waals surface area contributed by atoms with Crippen LogP contribution in [0.4, 0.5) is 0 Å². The lowest BCUT2D eigenvalue weighted by molar-refractivity contribution is 0.443. The van der Waals surface area contributed by atoms with E-state index in [9.17, 15) is 8.42 Å². The number of benzene rings is 1. The fourth-order valence-electron chi connectivity index (χ4n) is 2.03. The Morgan fingerprint density at radius 3 is 2.42 bits per heavy atom. The van der Waals surface area contributed by atoms with Crippen LogP contribution < -0.4 is 4.72 Å². The largest absolute Gasteiger partial charge is 0.215 e. The molecule has 4 heteroatoms. The average molecular weight is 283 g/mol. The molecule has 0 aliphatic carbocycles. The molecule has 1 N–H and O–H groups in total. The first kappa shape index (κ1) is 16.2. The standard InChI is InChI=1S/C15H25NO2S/c1-3-5-9-14(4-2)12-16-19(17,18)13-15-10-7-6-8-11-15/h6-8,10-11,14,16H,3-5,9,12-13H2,1-2H3/t14-/m1/s1. The fraction of sp³-hybridized carbons (Fsp3) is 0.600. The summed E-state index contributed by atoms with van der Waals surface area (Å²) in [6.45, 7) is 4.84. The highest BCUT2D eigenvalue weighted by molar-refractivity contribution is 7.88. The fourth-order valence-corrected chi connectivity index (χ4v) is 3.26. The summed E-state index contributed by atoms with van der Waals surface area (Å²) in [6, 6.07) is 9.30. The summed E-state index contributed by atoms with van der Waals surface area (Å²) < 4.78 is 26.7. The van der Waals surface area contributed by atoms with Gasteiger partial charge in [-0.2, -0.15) is 0 Å². The molecule has 0 spiro atoms. The maximum absolute atomic E-state index is 12.0. The molecule has 3 nitrogen and oxygen atoms in total. The van der Waals surface area contributed by atoms with E-state index in [4.69, 9.17) is 0 Å². The molecule has 19 heavy (non-hydrogen) atoms. The number of sulfonamides is 1. The van der Waals surface area contributed by atoms with Gasteiger partial charge >= 0.3 is 0 Å². The van der Waals surface area contributed by atoms with Crippen LogP contribution in [0.2, 0.25) is 0 Å². The zero-order valence-electron chi connectivity index (χ0n) is 11.9. The van der Waals surface area contributed by atoms with Gasteiger partial charge in [-0.25, -0.2) is 13.1 Å². The number of hydrogen-bond acceptors (Lipinski definition) is 2. The lowest BCUT2D eigenvalue weighted by Gasteiger charge is -2.15. The highest BCUT2D eigenvalue weighted by atomic mass is 32.2. The Morgan fingerprint density at radius 1 is 1.16 bits per heavy atom. The highest BCUT2D eigenvalue weighted by Gasteiger charge is 2.14. The Balaban J connectivity index is 2.46. The second-order valence-corrected chi connectivity index (χ2v) is 6.82. The van der Waals surface area contributed by atoms with Crippen LogP contribution in [0.25, 0.3) is 0 Å². The summed E-state index contributed by atoms with van der Waals surface area (Å²) in [6.07, 6.45) is 4.45. The first-order valence-electron chi connectivity index (χ1n) is 7.08. The van der Waals surface area contributed by atoms with Crippen LogP contribution in [-0.2, 0) is 15.8 Å². The highest BCUT2D eigenvalue weighted by Crippen LogP contribution is 2.12. The van der Waals surface area contributed by atoms with Crippen LogP contribution in [0.1, 0.15) is 45.1 Å². The smallest absolute Gasteiger partial charge is 0.215 e. The lowest BCUT2D eigenvalue weighted by atomic mass is 10.00. The van der Waals surface area contributed by atoms with Crippen molar-refractivity contribution in [3.63, 3.8) is 0 Å². The maximum atomic E-state index is 12.0. The number of unbranched alkanes of at least 4 members (excludes halogenated alkanes) is 1. The van der Waals surface area contributed by atoms with Crippen LogP contribution in [0.5, 0.6) is 0 Å². The van der Waals surface area contributed by atoms with Gasteiger partial charge in [0, 0.05) is 6.54 Å².